The number of hydrogen-bond donors (Lipinski definition) is 1. The number of aryl methyl sites for hydroxylation is 1. The Bertz CT molecular complexity index is 631. The fraction of sp³-hybridized carbons (Fsp3) is 0.417. The maximum Gasteiger partial charge on any atom is 0.251 e. The molecule has 3 rings (SSSR count). The second-order valence-electron chi connectivity index (χ2n) is 4.38. The zero-order valence-corrected chi connectivity index (χ0v) is 11.0. The van der Waals surface area contributed by atoms with Crippen LogP contribution in [0.4, 0.5) is 5.00 Å². The van der Waals surface area contributed by atoms with Gasteiger partial charge in [-0.3, -0.25) is 4.79 Å². The third-order valence-corrected chi connectivity index (χ3v) is 4.13. The minimum Gasteiger partial charge on any atom is -0.377 e. The molecule has 1 aliphatic rings. The largest absolute Gasteiger partial charge is 0.377 e. The lowest BCUT2D eigenvalue weighted by atomic mass is 10.2. The van der Waals surface area contributed by atoms with Crippen LogP contribution in [0.15, 0.2) is 16.9 Å². The number of nitrogens with one attached hydrogen (secondary N) is 1. The molecule has 1 N–H and O–H groups in total. The van der Waals surface area contributed by atoms with Crippen LogP contribution in [0.25, 0.3) is 0 Å². The summed E-state index contributed by atoms with van der Waals surface area (Å²) in [6, 6.07) is 3.61. The minimum atomic E-state index is 0.0469. The molecule has 5 nitrogen and oxygen atoms in total. The van der Waals surface area contributed by atoms with Gasteiger partial charge in [0.15, 0.2) is 0 Å². The van der Waals surface area contributed by atoms with Crippen molar-refractivity contribution in [3.63, 3.8) is 0 Å². The van der Waals surface area contributed by atoms with Crippen LogP contribution < -0.4 is 10.9 Å². The monoisotopic (exact) mass is 262 g/mol. The second-order valence-corrected chi connectivity index (χ2v) is 5.14. The van der Waals surface area contributed by atoms with Gasteiger partial charge in [0.05, 0.1) is 6.54 Å². The highest BCUT2D eigenvalue weighted by atomic mass is 32.1. The zero-order valence-electron chi connectivity index (χ0n) is 10.1. The maximum absolute atomic E-state index is 12.0. The lowest BCUT2D eigenvalue weighted by molar-refractivity contribution is 0.692. The number of pyridine rings is 1. The second kappa shape index (κ2) is 4.53. The molecule has 0 radical (unpaired) electrons. The van der Waals surface area contributed by atoms with Crippen molar-refractivity contribution in [1.82, 2.24) is 14.2 Å². The molecule has 0 fully saturated rings. The first-order valence-electron chi connectivity index (χ1n) is 6.00. The molecule has 0 aliphatic heterocycles. The van der Waals surface area contributed by atoms with Crippen LogP contribution >= 0.6 is 11.5 Å². The summed E-state index contributed by atoms with van der Waals surface area (Å²) in [6.07, 6.45) is 3.19. The molecule has 0 amide bonds. The summed E-state index contributed by atoms with van der Waals surface area (Å²) in [5.74, 6) is 0. The van der Waals surface area contributed by atoms with Crippen LogP contribution in [0.5, 0.6) is 0 Å². The summed E-state index contributed by atoms with van der Waals surface area (Å²) in [5.41, 5.74) is 3.34. The lowest BCUT2D eigenvalue weighted by Gasteiger charge is -2.10. The van der Waals surface area contributed by atoms with Crippen LogP contribution in [0.2, 0.25) is 0 Å². The van der Waals surface area contributed by atoms with Crippen LogP contribution in [0.3, 0.4) is 0 Å². The van der Waals surface area contributed by atoms with Gasteiger partial charge in [-0.25, -0.2) is 0 Å². The molecule has 6 heteroatoms. The third kappa shape index (κ3) is 1.82. The molecule has 0 spiro atoms. The van der Waals surface area contributed by atoms with Crippen LogP contribution in [-0.2, 0) is 19.4 Å². The van der Waals surface area contributed by atoms with Gasteiger partial charge in [-0.15, -0.1) is 5.10 Å². The van der Waals surface area contributed by atoms with Gasteiger partial charge in [0.2, 0.25) is 0 Å². The molecule has 0 saturated carbocycles. The van der Waals surface area contributed by atoms with E-state index in [1.165, 1.54) is 17.1 Å². The molecule has 0 aromatic carbocycles. The Morgan fingerprint density at radius 1 is 1.44 bits per heavy atom. The standard InChI is InChI=1S/C12H14N4OS/c1-13-12-9(14-15-18-12)7-16-10-4-2-3-8(10)5-6-11(16)17/h5-6,13H,2-4,7H2,1H3. The molecule has 0 atom stereocenters. The number of fused-ring (bicyclic) bond motifs is 1. The molecule has 18 heavy (non-hydrogen) atoms. The molecule has 0 unspecified atom stereocenters. The highest BCUT2D eigenvalue weighted by Crippen LogP contribution is 2.22. The van der Waals surface area contributed by atoms with Gasteiger partial charge in [-0.1, -0.05) is 10.6 Å². The average molecular weight is 262 g/mol. The fourth-order valence-corrected chi connectivity index (χ4v) is 2.98. The Balaban J connectivity index is 2.03. The molecule has 94 valence electrons. The number of rotatable bonds is 3. The highest BCUT2D eigenvalue weighted by Gasteiger charge is 2.17. The Hall–Kier alpha value is -1.69. The third-order valence-electron chi connectivity index (χ3n) is 3.34. The number of hydrogen-bond acceptors (Lipinski definition) is 5. The van der Waals surface area contributed by atoms with Crippen molar-refractivity contribution in [1.29, 1.82) is 0 Å². The van der Waals surface area contributed by atoms with Crippen molar-refractivity contribution in [2.24, 2.45) is 0 Å². The number of anilines is 1. The van der Waals surface area contributed by atoms with E-state index in [0.717, 1.165) is 35.7 Å². The summed E-state index contributed by atoms with van der Waals surface area (Å²) in [7, 11) is 1.84. The Morgan fingerprint density at radius 2 is 2.33 bits per heavy atom. The molecule has 1 aliphatic carbocycles. The molecule has 2 aromatic rings. The van der Waals surface area contributed by atoms with Crippen LogP contribution in [0, 0.1) is 0 Å². The Kier molecular flexibility index (Phi) is 2.87. The first kappa shape index (κ1) is 11.4. The van der Waals surface area contributed by atoms with Gasteiger partial charge in [0.25, 0.3) is 5.56 Å². The predicted molar refractivity (Wildman–Crippen MR) is 71.3 cm³/mol. The van der Waals surface area contributed by atoms with Gasteiger partial charge >= 0.3 is 0 Å². The normalized spacial score (nSPS) is 13.6. The average Bonchev–Trinajstić information content (AvgIpc) is 3.01. The van der Waals surface area contributed by atoms with Crippen molar-refractivity contribution in [2.45, 2.75) is 25.8 Å². The first-order valence-corrected chi connectivity index (χ1v) is 6.77. The summed E-state index contributed by atoms with van der Waals surface area (Å²) >= 11 is 1.32. The zero-order chi connectivity index (χ0) is 12.5. The SMILES string of the molecule is CNc1snnc1Cn1c2c(ccc1=O)CCC2. The van der Waals surface area contributed by atoms with Gasteiger partial charge < -0.3 is 9.88 Å². The molecule has 0 saturated heterocycles. The van der Waals surface area contributed by atoms with E-state index in [4.69, 9.17) is 0 Å². The van der Waals surface area contributed by atoms with E-state index < -0.39 is 0 Å². The predicted octanol–water partition coefficient (Wildman–Crippen LogP) is 1.28. The van der Waals surface area contributed by atoms with Crippen molar-refractivity contribution in [3.8, 4) is 0 Å². The van der Waals surface area contributed by atoms with Gasteiger partial charge in [0.1, 0.15) is 10.7 Å². The molecule has 2 heterocycles. The van der Waals surface area contributed by atoms with Crippen molar-refractivity contribution in [3.05, 3.63) is 39.4 Å². The Morgan fingerprint density at radius 3 is 3.17 bits per heavy atom. The fourth-order valence-electron chi connectivity index (χ4n) is 2.46. The summed E-state index contributed by atoms with van der Waals surface area (Å²) in [4.78, 5) is 12.0. The van der Waals surface area contributed by atoms with E-state index >= 15 is 0 Å². The lowest BCUT2D eigenvalue weighted by Crippen LogP contribution is -2.23. The van der Waals surface area contributed by atoms with Crippen LogP contribution in [-0.4, -0.2) is 21.2 Å². The van der Waals surface area contributed by atoms with Crippen molar-refractivity contribution >= 4 is 16.5 Å². The van der Waals surface area contributed by atoms with Crippen molar-refractivity contribution in [2.75, 3.05) is 12.4 Å². The van der Waals surface area contributed by atoms with Crippen LogP contribution in [0.1, 0.15) is 23.4 Å². The Labute approximate surface area is 109 Å². The van der Waals surface area contributed by atoms with Gasteiger partial charge in [0, 0.05) is 30.3 Å². The summed E-state index contributed by atoms with van der Waals surface area (Å²) in [6.45, 7) is 0.509. The van der Waals surface area contributed by atoms with E-state index in [9.17, 15) is 4.79 Å². The topological polar surface area (TPSA) is 59.8 Å². The molecule has 2 aromatic heterocycles. The molecular formula is C12H14N4OS. The number of nitrogens with zero attached hydrogens (tertiary/aromatic N) is 3. The van der Waals surface area contributed by atoms with E-state index in [0.29, 0.717) is 6.54 Å². The highest BCUT2D eigenvalue weighted by molar-refractivity contribution is 7.10. The van der Waals surface area contributed by atoms with Gasteiger partial charge in [-0.2, -0.15) is 0 Å². The van der Waals surface area contributed by atoms with E-state index in [1.54, 1.807) is 6.07 Å². The molecule has 0 bridgehead atoms. The van der Waals surface area contributed by atoms with Crippen molar-refractivity contribution < 1.29 is 0 Å². The maximum atomic E-state index is 12.0. The minimum absolute atomic E-state index is 0.0469. The molecular weight excluding hydrogens is 248 g/mol. The van der Waals surface area contributed by atoms with E-state index in [2.05, 4.69) is 14.9 Å². The first-order chi connectivity index (χ1) is 8.79. The summed E-state index contributed by atoms with van der Waals surface area (Å²) in [5, 5.41) is 8.08. The number of aromatic nitrogens is 3. The quantitative estimate of drug-likeness (QED) is 0.905. The van der Waals surface area contributed by atoms with E-state index in [1.807, 2.05) is 17.7 Å². The van der Waals surface area contributed by atoms with E-state index in [-0.39, 0.29) is 5.56 Å². The summed E-state index contributed by atoms with van der Waals surface area (Å²) < 4.78 is 5.76. The van der Waals surface area contributed by atoms with Gasteiger partial charge in [-0.05, 0) is 24.8 Å². The smallest absolute Gasteiger partial charge is 0.251 e.